The molecule has 0 aliphatic rings. The van der Waals surface area contributed by atoms with Crippen molar-refractivity contribution in [2.75, 3.05) is 0 Å². The summed E-state index contributed by atoms with van der Waals surface area (Å²) in [5.41, 5.74) is 1.03. The van der Waals surface area contributed by atoms with Crippen LogP contribution < -0.4 is 0 Å². The van der Waals surface area contributed by atoms with Crippen molar-refractivity contribution >= 4 is 5.78 Å². The number of hydrogen-bond acceptors (Lipinski definition) is 2. The van der Waals surface area contributed by atoms with E-state index in [0.29, 0.717) is 6.42 Å². The normalized spacial score (nSPS) is 8.25. The minimum absolute atomic E-state index is 0.186. The molecule has 0 bridgehead atoms. The molecule has 0 radical (unpaired) electrons. The van der Waals surface area contributed by atoms with Crippen molar-refractivity contribution in [1.29, 1.82) is 0 Å². The summed E-state index contributed by atoms with van der Waals surface area (Å²) in [6.45, 7) is 5.58. The van der Waals surface area contributed by atoms with Crippen LogP contribution in [0.25, 0.3) is 0 Å². The number of carbonyl (C=O) groups is 1. The lowest BCUT2D eigenvalue weighted by Crippen LogP contribution is -1.95. The van der Waals surface area contributed by atoms with Crippen molar-refractivity contribution in [1.82, 2.24) is 4.98 Å². The second-order valence-corrected chi connectivity index (χ2v) is 2.23. The van der Waals surface area contributed by atoms with Gasteiger partial charge in [0.2, 0.25) is 0 Å². The number of rotatable bonds is 2. The second-order valence-electron chi connectivity index (χ2n) is 2.23. The number of Topliss-reactive ketones (excluding diaryl/α,β-unsaturated/α-hetero) is 1. The summed E-state index contributed by atoms with van der Waals surface area (Å²) in [5, 5.41) is 0. The first-order valence-corrected chi connectivity index (χ1v) is 4.17. The van der Waals surface area contributed by atoms with Gasteiger partial charge in [-0.05, 0) is 24.6 Å². The summed E-state index contributed by atoms with van der Waals surface area (Å²) in [6.07, 6.45) is 3.90. The maximum absolute atomic E-state index is 10.6. The number of carbonyl (C=O) groups excluding carboxylic acids is 1. The zero-order chi connectivity index (χ0) is 9.40. The van der Waals surface area contributed by atoms with Crippen LogP contribution in [0.2, 0.25) is 0 Å². The number of ketones is 1. The van der Waals surface area contributed by atoms with Crippen molar-refractivity contribution in [2.24, 2.45) is 0 Å². The lowest BCUT2D eigenvalue weighted by molar-refractivity contribution is -0.116. The third-order valence-electron chi connectivity index (χ3n) is 1.20. The molecule has 0 amide bonds. The van der Waals surface area contributed by atoms with Gasteiger partial charge in [-0.25, -0.2) is 0 Å². The van der Waals surface area contributed by atoms with Crippen LogP contribution in [0.1, 0.15) is 26.3 Å². The zero-order valence-corrected chi connectivity index (χ0v) is 7.87. The Bertz CT molecular complexity index is 219. The lowest BCUT2D eigenvalue weighted by atomic mass is 10.1. The number of nitrogens with zero attached hydrogens (tertiary/aromatic N) is 1. The summed E-state index contributed by atoms with van der Waals surface area (Å²) in [4.78, 5) is 14.4. The highest BCUT2D eigenvalue weighted by Crippen LogP contribution is 1.96. The van der Waals surface area contributed by atoms with E-state index in [1.165, 1.54) is 0 Å². The maximum Gasteiger partial charge on any atom is 0.134 e. The second kappa shape index (κ2) is 6.53. The third-order valence-corrected chi connectivity index (χ3v) is 1.20. The van der Waals surface area contributed by atoms with Gasteiger partial charge < -0.3 is 0 Å². The fourth-order valence-corrected chi connectivity index (χ4v) is 0.788. The highest BCUT2D eigenvalue weighted by molar-refractivity contribution is 5.78. The van der Waals surface area contributed by atoms with E-state index < -0.39 is 0 Å². The SMILES string of the molecule is CC.CC(=O)Cc1ccncc1. The van der Waals surface area contributed by atoms with Crippen molar-refractivity contribution < 1.29 is 4.79 Å². The average Bonchev–Trinajstić information content (AvgIpc) is 2.08. The van der Waals surface area contributed by atoms with Gasteiger partial charge in [0.15, 0.2) is 0 Å². The summed E-state index contributed by atoms with van der Waals surface area (Å²) < 4.78 is 0. The van der Waals surface area contributed by atoms with Crippen LogP contribution >= 0.6 is 0 Å². The predicted molar refractivity (Wildman–Crippen MR) is 50.0 cm³/mol. The highest BCUT2D eigenvalue weighted by atomic mass is 16.1. The molecule has 0 fully saturated rings. The van der Waals surface area contributed by atoms with Crippen LogP contribution in [-0.2, 0) is 11.2 Å². The van der Waals surface area contributed by atoms with E-state index in [1.54, 1.807) is 19.3 Å². The van der Waals surface area contributed by atoms with E-state index in [-0.39, 0.29) is 5.78 Å². The molecule has 0 aromatic carbocycles. The minimum Gasteiger partial charge on any atom is -0.300 e. The van der Waals surface area contributed by atoms with Gasteiger partial charge in [0, 0.05) is 18.8 Å². The fraction of sp³-hybridized carbons (Fsp3) is 0.400. The first kappa shape index (κ1) is 10.8. The number of aromatic nitrogens is 1. The molecule has 0 saturated heterocycles. The Balaban J connectivity index is 0.000000561. The molecule has 2 heteroatoms. The fourth-order valence-electron chi connectivity index (χ4n) is 0.788. The largest absolute Gasteiger partial charge is 0.300 e. The molecule has 12 heavy (non-hydrogen) atoms. The first-order chi connectivity index (χ1) is 5.79. The van der Waals surface area contributed by atoms with E-state index in [2.05, 4.69) is 4.98 Å². The molecule has 0 spiro atoms. The van der Waals surface area contributed by atoms with E-state index >= 15 is 0 Å². The minimum atomic E-state index is 0.186. The Hall–Kier alpha value is -1.18. The molecular formula is C10H15NO. The summed E-state index contributed by atoms with van der Waals surface area (Å²) in [7, 11) is 0. The van der Waals surface area contributed by atoms with Crippen molar-refractivity contribution in [3.05, 3.63) is 30.1 Å². The average molecular weight is 165 g/mol. The Morgan fingerprint density at radius 3 is 2.25 bits per heavy atom. The smallest absolute Gasteiger partial charge is 0.134 e. The summed E-state index contributed by atoms with van der Waals surface area (Å²) in [6, 6.07) is 3.70. The van der Waals surface area contributed by atoms with Gasteiger partial charge in [-0.2, -0.15) is 0 Å². The molecular weight excluding hydrogens is 150 g/mol. The zero-order valence-electron chi connectivity index (χ0n) is 7.87. The first-order valence-electron chi connectivity index (χ1n) is 4.17. The molecule has 0 saturated carbocycles. The topological polar surface area (TPSA) is 30.0 Å². The van der Waals surface area contributed by atoms with Gasteiger partial charge in [0.05, 0.1) is 0 Å². The predicted octanol–water partition coefficient (Wildman–Crippen LogP) is 2.24. The quantitative estimate of drug-likeness (QED) is 0.672. The van der Waals surface area contributed by atoms with E-state index in [1.807, 2.05) is 26.0 Å². The summed E-state index contributed by atoms with van der Waals surface area (Å²) in [5.74, 6) is 0.186. The van der Waals surface area contributed by atoms with Crippen molar-refractivity contribution in [3.8, 4) is 0 Å². The molecule has 0 aliphatic carbocycles. The number of hydrogen-bond donors (Lipinski definition) is 0. The summed E-state index contributed by atoms with van der Waals surface area (Å²) >= 11 is 0. The Morgan fingerprint density at radius 1 is 1.33 bits per heavy atom. The van der Waals surface area contributed by atoms with Crippen molar-refractivity contribution in [3.63, 3.8) is 0 Å². The lowest BCUT2D eigenvalue weighted by Gasteiger charge is -1.93. The Kier molecular flexibility index (Phi) is 5.88. The molecule has 0 aliphatic heterocycles. The van der Waals surface area contributed by atoms with E-state index in [4.69, 9.17) is 0 Å². The van der Waals surface area contributed by atoms with Crippen LogP contribution in [0.3, 0.4) is 0 Å². The molecule has 0 atom stereocenters. The molecule has 1 rings (SSSR count). The molecule has 0 N–H and O–H groups in total. The van der Waals surface area contributed by atoms with Crippen LogP contribution in [0, 0.1) is 0 Å². The van der Waals surface area contributed by atoms with Crippen LogP contribution in [0.4, 0.5) is 0 Å². The van der Waals surface area contributed by atoms with Gasteiger partial charge in [-0.15, -0.1) is 0 Å². The van der Waals surface area contributed by atoms with Gasteiger partial charge in [-0.1, -0.05) is 13.8 Å². The van der Waals surface area contributed by atoms with Crippen LogP contribution in [0.15, 0.2) is 24.5 Å². The molecule has 1 heterocycles. The highest BCUT2D eigenvalue weighted by Gasteiger charge is 1.93. The van der Waals surface area contributed by atoms with E-state index in [0.717, 1.165) is 5.56 Å². The monoisotopic (exact) mass is 165 g/mol. The Labute approximate surface area is 73.6 Å². The maximum atomic E-state index is 10.6. The Morgan fingerprint density at radius 2 is 1.83 bits per heavy atom. The molecule has 2 nitrogen and oxygen atoms in total. The van der Waals surface area contributed by atoms with Crippen molar-refractivity contribution in [2.45, 2.75) is 27.2 Å². The number of pyridine rings is 1. The van der Waals surface area contributed by atoms with Gasteiger partial charge in [0.25, 0.3) is 0 Å². The third kappa shape index (κ3) is 4.61. The van der Waals surface area contributed by atoms with Crippen LogP contribution in [0.5, 0.6) is 0 Å². The van der Waals surface area contributed by atoms with Gasteiger partial charge in [0.1, 0.15) is 5.78 Å². The van der Waals surface area contributed by atoms with E-state index in [9.17, 15) is 4.79 Å². The standard InChI is InChI=1S/C8H9NO.C2H6/c1-7(10)6-8-2-4-9-5-3-8;1-2/h2-5H,6H2,1H3;1-2H3. The molecule has 0 unspecified atom stereocenters. The van der Waals surface area contributed by atoms with Gasteiger partial charge in [-0.3, -0.25) is 9.78 Å². The molecule has 1 aromatic rings. The van der Waals surface area contributed by atoms with Gasteiger partial charge >= 0.3 is 0 Å². The molecule has 1 aromatic heterocycles. The van der Waals surface area contributed by atoms with Crippen LogP contribution in [-0.4, -0.2) is 10.8 Å². The molecule has 66 valence electrons.